The molecule has 6 aromatic carbocycles. The third-order valence-corrected chi connectivity index (χ3v) is 10.5. The summed E-state index contributed by atoms with van der Waals surface area (Å²) in [6, 6.07) is 53.0. The average molecular weight is 894 g/mol. The SMILES string of the molecule is Cc1ccnc(-n2c3[c-]c(Oc4[c-]c(-n5nc(-c6ccccc6)c(-c6c(C)cc(C)c(C)c6C)c5-c5ccccc5)ccc4)ccc3c3ccccc32)c1.[Pt+2]. The van der Waals surface area contributed by atoms with Crippen LogP contribution in [0.1, 0.15) is 27.8 Å². The third kappa shape index (κ3) is 6.39. The van der Waals surface area contributed by atoms with E-state index in [-0.39, 0.29) is 21.1 Å². The molecule has 0 saturated heterocycles. The van der Waals surface area contributed by atoms with Crippen LogP contribution >= 0.6 is 0 Å². The summed E-state index contributed by atoms with van der Waals surface area (Å²) in [7, 11) is 0. The summed E-state index contributed by atoms with van der Waals surface area (Å²) in [4.78, 5) is 4.73. The number of hydrogen-bond acceptors (Lipinski definition) is 3. The zero-order chi connectivity index (χ0) is 36.9. The Kier molecular flexibility index (Phi) is 9.59. The molecular formula is C49H38N4OPt. The van der Waals surface area contributed by atoms with E-state index in [2.05, 4.69) is 148 Å². The quantitative estimate of drug-likeness (QED) is 0.150. The van der Waals surface area contributed by atoms with Crippen LogP contribution in [0.5, 0.6) is 11.5 Å². The van der Waals surface area contributed by atoms with Crippen molar-refractivity contribution < 1.29 is 25.8 Å². The van der Waals surface area contributed by atoms with Gasteiger partial charge in [0.05, 0.1) is 5.69 Å². The molecule has 9 aromatic rings. The maximum absolute atomic E-state index is 6.59. The Bertz CT molecular complexity index is 2850. The molecule has 0 N–H and O–H groups in total. The van der Waals surface area contributed by atoms with E-state index < -0.39 is 0 Å². The molecule has 270 valence electrons. The molecular weight excluding hydrogens is 856 g/mol. The molecule has 0 bridgehead atoms. The van der Waals surface area contributed by atoms with Crippen LogP contribution in [0.4, 0.5) is 0 Å². The monoisotopic (exact) mass is 893 g/mol. The molecule has 0 aliphatic carbocycles. The number of nitrogens with zero attached hydrogens (tertiary/aromatic N) is 4. The molecule has 0 radical (unpaired) electrons. The van der Waals surface area contributed by atoms with Crippen molar-refractivity contribution in [1.29, 1.82) is 0 Å². The van der Waals surface area contributed by atoms with Gasteiger partial charge in [0, 0.05) is 39.9 Å². The molecule has 0 saturated carbocycles. The molecule has 0 fully saturated rings. The van der Waals surface area contributed by atoms with Gasteiger partial charge in [-0.25, -0.2) is 4.98 Å². The Morgan fingerprint density at radius 2 is 1.29 bits per heavy atom. The maximum atomic E-state index is 6.59. The van der Waals surface area contributed by atoms with Crippen LogP contribution in [0.3, 0.4) is 0 Å². The second-order valence-electron chi connectivity index (χ2n) is 14.0. The number of ether oxygens (including phenoxy) is 1. The van der Waals surface area contributed by atoms with E-state index in [4.69, 9.17) is 14.8 Å². The number of para-hydroxylation sites is 1. The molecule has 0 atom stereocenters. The summed E-state index contributed by atoms with van der Waals surface area (Å²) >= 11 is 0. The predicted octanol–water partition coefficient (Wildman–Crippen LogP) is 12.3. The maximum Gasteiger partial charge on any atom is 2.00 e. The van der Waals surface area contributed by atoms with Gasteiger partial charge < -0.3 is 9.30 Å². The smallest absolute Gasteiger partial charge is 0.509 e. The zero-order valence-electron chi connectivity index (χ0n) is 31.3. The first-order chi connectivity index (χ1) is 26.4. The number of rotatable bonds is 7. The van der Waals surface area contributed by atoms with Gasteiger partial charge in [-0.3, -0.25) is 4.68 Å². The molecule has 0 aliphatic rings. The Balaban J connectivity index is 0.00000427. The van der Waals surface area contributed by atoms with Crippen molar-refractivity contribution >= 4 is 21.8 Å². The van der Waals surface area contributed by atoms with Gasteiger partial charge in [-0.05, 0) is 97.3 Å². The van der Waals surface area contributed by atoms with Crippen molar-refractivity contribution in [2.75, 3.05) is 0 Å². The van der Waals surface area contributed by atoms with E-state index in [0.717, 1.165) is 67.0 Å². The number of pyridine rings is 1. The summed E-state index contributed by atoms with van der Waals surface area (Å²) in [5.41, 5.74) is 15.3. The molecule has 9 rings (SSSR count). The van der Waals surface area contributed by atoms with Gasteiger partial charge in [0.15, 0.2) is 0 Å². The van der Waals surface area contributed by atoms with Crippen molar-refractivity contribution in [3.05, 3.63) is 180 Å². The fraction of sp³-hybridized carbons (Fsp3) is 0.102. The number of hydrogen-bond donors (Lipinski definition) is 0. The summed E-state index contributed by atoms with van der Waals surface area (Å²) in [5.74, 6) is 1.99. The van der Waals surface area contributed by atoms with Gasteiger partial charge in [-0.15, -0.1) is 35.7 Å². The van der Waals surface area contributed by atoms with Gasteiger partial charge in [0.25, 0.3) is 0 Å². The van der Waals surface area contributed by atoms with Crippen molar-refractivity contribution in [3.8, 4) is 56.6 Å². The predicted molar refractivity (Wildman–Crippen MR) is 220 cm³/mol. The van der Waals surface area contributed by atoms with Crippen LogP contribution < -0.4 is 4.74 Å². The Morgan fingerprint density at radius 3 is 2.05 bits per heavy atom. The van der Waals surface area contributed by atoms with Crippen LogP contribution in [0.15, 0.2) is 140 Å². The van der Waals surface area contributed by atoms with E-state index in [1.54, 1.807) is 0 Å². The number of aromatic nitrogens is 4. The minimum Gasteiger partial charge on any atom is -0.509 e. The van der Waals surface area contributed by atoms with Crippen molar-refractivity contribution in [1.82, 2.24) is 19.3 Å². The number of benzene rings is 6. The second kappa shape index (κ2) is 14.7. The summed E-state index contributed by atoms with van der Waals surface area (Å²) in [5, 5.41) is 7.64. The van der Waals surface area contributed by atoms with Gasteiger partial charge in [0.2, 0.25) is 0 Å². The normalized spacial score (nSPS) is 11.2. The summed E-state index contributed by atoms with van der Waals surface area (Å²) < 4.78 is 10.8. The van der Waals surface area contributed by atoms with Gasteiger partial charge in [0.1, 0.15) is 11.5 Å². The molecule has 6 heteroatoms. The fourth-order valence-electron chi connectivity index (χ4n) is 7.71. The van der Waals surface area contributed by atoms with Crippen LogP contribution in [-0.2, 0) is 21.1 Å². The van der Waals surface area contributed by atoms with Crippen molar-refractivity contribution in [3.63, 3.8) is 0 Å². The first-order valence-corrected chi connectivity index (χ1v) is 18.3. The number of fused-ring (bicyclic) bond motifs is 3. The van der Waals surface area contributed by atoms with E-state index >= 15 is 0 Å². The summed E-state index contributed by atoms with van der Waals surface area (Å²) in [6.45, 7) is 10.9. The van der Waals surface area contributed by atoms with E-state index in [1.165, 1.54) is 27.8 Å². The second-order valence-corrected chi connectivity index (χ2v) is 14.0. The average Bonchev–Trinajstić information content (AvgIpc) is 3.74. The Hall–Kier alpha value is -6.03. The first kappa shape index (κ1) is 36.0. The van der Waals surface area contributed by atoms with Crippen LogP contribution in [0.2, 0.25) is 0 Å². The van der Waals surface area contributed by atoms with E-state index in [1.807, 2.05) is 47.3 Å². The standard InChI is InChI=1S/C49H38N4O.Pt/c1-31-25-26-50-45(27-31)52-43-22-13-12-21-41(43)42-24-23-40(30-44(42)52)54-39-20-14-19-38(29-39)53-49(37-17-10-7-11-18-37)47(48(51-53)36-15-8-6-9-16-36)46-33(3)28-32(2)34(4)35(46)5;/h6-28H,1-5H3;/q-2;+2. The minimum absolute atomic E-state index is 0. The summed E-state index contributed by atoms with van der Waals surface area (Å²) in [6.07, 6.45) is 1.85. The molecule has 55 heavy (non-hydrogen) atoms. The van der Waals surface area contributed by atoms with Gasteiger partial charge in [-0.2, -0.15) is 17.2 Å². The Morgan fingerprint density at radius 1 is 0.582 bits per heavy atom. The minimum atomic E-state index is 0. The van der Waals surface area contributed by atoms with E-state index in [0.29, 0.717) is 11.5 Å². The Labute approximate surface area is 336 Å². The van der Waals surface area contributed by atoms with Gasteiger partial charge in [-0.1, -0.05) is 90.4 Å². The topological polar surface area (TPSA) is 44.9 Å². The molecule has 5 nitrogen and oxygen atoms in total. The molecule has 0 unspecified atom stereocenters. The number of aryl methyl sites for hydroxylation is 3. The molecule has 0 aliphatic heterocycles. The van der Waals surface area contributed by atoms with Gasteiger partial charge >= 0.3 is 21.1 Å². The third-order valence-electron chi connectivity index (χ3n) is 10.5. The van der Waals surface area contributed by atoms with Crippen molar-refractivity contribution in [2.45, 2.75) is 34.6 Å². The molecule has 3 aromatic heterocycles. The van der Waals surface area contributed by atoms with Crippen LogP contribution in [0, 0.1) is 46.8 Å². The molecule has 0 spiro atoms. The van der Waals surface area contributed by atoms with Crippen LogP contribution in [-0.4, -0.2) is 19.3 Å². The first-order valence-electron chi connectivity index (χ1n) is 18.3. The molecule has 0 amide bonds. The largest absolute Gasteiger partial charge is 2.00 e. The van der Waals surface area contributed by atoms with E-state index in [9.17, 15) is 0 Å². The zero-order valence-corrected chi connectivity index (χ0v) is 33.6. The molecule has 3 heterocycles. The fourth-order valence-corrected chi connectivity index (χ4v) is 7.71. The van der Waals surface area contributed by atoms with Crippen LogP contribution in [0.25, 0.3) is 67.0 Å². The van der Waals surface area contributed by atoms with Crippen molar-refractivity contribution in [2.24, 2.45) is 0 Å².